The normalized spacial score (nSPS) is 19.6. The van der Waals surface area contributed by atoms with Crippen LogP contribution in [-0.4, -0.2) is 29.2 Å². The molecule has 2 rings (SSSR count). The predicted molar refractivity (Wildman–Crippen MR) is 98.0 cm³/mol. The van der Waals surface area contributed by atoms with Gasteiger partial charge in [0.15, 0.2) is 5.12 Å². The van der Waals surface area contributed by atoms with Crippen molar-refractivity contribution in [2.75, 3.05) is 11.5 Å². The van der Waals surface area contributed by atoms with Gasteiger partial charge in [-0.1, -0.05) is 17.8 Å². The molecule has 1 heterocycles. The fraction of sp³-hybridized carbons (Fsp3) is 0.471. The molecule has 0 radical (unpaired) electrons. The first kappa shape index (κ1) is 19.0. The summed E-state index contributed by atoms with van der Waals surface area (Å²) in [6, 6.07) is 4.32. The van der Waals surface area contributed by atoms with E-state index in [2.05, 4.69) is 0 Å². The second-order valence-electron chi connectivity index (χ2n) is 6.91. The van der Waals surface area contributed by atoms with Gasteiger partial charge in [0, 0.05) is 18.4 Å². The number of halogens is 1. The summed E-state index contributed by atoms with van der Waals surface area (Å²) in [5, 5.41) is -0.00354. The largest absolute Gasteiger partial charge is 0.491 e. The summed E-state index contributed by atoms with van der Waals surface area (Å²) >= 11 is 1.16. The molecule has 1 aromatic carbocycles. The quantitative estimate of drug-likeness (QED) is 0.662. The standard InChI is InChI=1S/C17H23BFNO3S/c1-11(21)24-10-13(6-12-7-14(19)9-15(20)8-12)18-22-16(2,3)17(4,5)23-18/h6-9H,10,20H2,1-5H3. The van der Waals surface area contributed by atoms with Crippen LogP contribution in [0.2, 0.25) is 0 Å². The molecule has 1 saturated heterocycles. The molecule has 0 bridgehead atoms. The highest BCUT2D eigenvalue weighted by Crippen LogP contribution is 2.39. The Morgan fingerprint density at radius 2 is 1.83 bits per heavy atom. The number of benzene rings is 1. The third-order valence-corrected chi connectivity index (χ3v) is 5.18. The summed E-state index contributed by atoms with van der Waals surface area (Å²) in [6.45, 7) is 9.35. The third kappa shape index (κ3) is 4.40. The van der Waals surface area contributed by atoms with E-state index in [0.717, 1.165) is 17.2 Å². The fourth-order valence-electron chi connectivity index (χ4n) is 2.29. The first-order chi connectivity index (χ1) is 11.0. The molecule has 7 heteroatoms. The Hall–Kier alpha value is -1.31. The van der Waals surface area contributed by atoms with Crippen molar-refractivity contribution in [3.05, 3.63) is 35.1 Å². The minimum absolute atomic E-state index is 0.00354. The maximum atomic E-state index is 13.6. The molecule has 0 unspecified atom stereocenters. The number of carbonyl (C=O) groups excluding carboxylic acids is 1. The van der Waals surface area contributed by atoms with Gasteiger partial charge in [0.2, 0.25) is 0 Å². The van der Waals surface area contributed by atoms with Crippen LogP contribution >= 0.6 is 11.8 Å². The predicted octanol–water partition coefficient (Wildman–Crippen LogP) is 3.70. The summed E-state index contributed by atoms with van der Waals surface area (Å²) in [4.78, 5) is 11.4. The molecule has 0 atom stereocenters. The smallest absolute Gasteiger partial charge is 0.400 e. The molecule has 1 fully saturated rings. The lowest BCUT2D eigenvalue weighted by molar-refractivity contribution is -0.109. The molecular weight excluding hydrogens is 328 g/mol. The molecular formula is C17H23BFNO3S. The van der Waals surface area contributed by atoms with Gasteiger partial charge in [-0.15, -0.1) is 0 Å². The van der Waals surface area contributed by atoms with Crippen molar-refractivity contribution in [3.8, 4) is 0 Å². The third-order valence-electron chi connectivity index (χ3n) is 4.29. The Morgan fingerprint density at radius 1 is 1.25 bits per heavy atom. The van der Waals surface area contributed by atoms with Crippen LogP contribution in [0.3, 0.4) is 0 Å². The summed E-state index contributed by atoms with van der Waals surface area (Å²) in [5.41, 5.74) is 6.45. The van der Waals surface area contributed by atoms with Gasteiger partial charge in [0.25, 0.3) is 0 Å². The number of thioether (sulfide) groups is 1. The minimum Gasteiger partial charge on any atom is -0.400 e. The Kier molecular flexibility index (Phi) is 5.47. The number of anilines is 1. The number of rotatable bonds is 4. The highest BCUT2D eigenvalue weighted by atomic mass is 32.2. The zero-order valence-electron chi connectivity index (χ0n) is 14.7. The molecule has 130 valence electrons. The Balaban J connectivity index is 2.35. The van der Waals surface area contributed by atoms with Crippen LogP contribution in [0.25, 0.3) is 6.08 Å². The molecule has 24 heavy (non-hydrogen) atoms. The monoisotopic (exact) mass is 351 g/mol. The molecule has 0 spiro atoms. The van der Waals surface area contributed by atoms with E-state index in [9.17, 15) is 9.18 Å². The lowest BCUT2D eigenvalue weighted by Crippen LogP contribution is -2.41. The van der Waals surface area contributed by atoms with Crippen LogP contribution in [0.1, 0.15) is 40.2 Å². The molecule has 4 nitrogen and oxygen atoms in total. The van der Waals surface area contributed by atoms with E-state index in [0.29, 0.717) is 17.0 Å². The molecule has 0 aromatic heterocycles. The van der Waals surface area contributed by atoms with Crippen molar-refractivity contribution in [2.24, 2.45) is 0 Å². The molecule has 0 aliphatic carbocycles. The van der Waals surface area contributed by atoms with E-state index in [1.165, 1.54) is 19.1 Å². The van der Waals surface area contributed by atoms with Gasteiger partial charge < -0.3 is 15.0 Å². The number of nitrogen functional groups attached to an aromatic ring is 1. The average Bonchev–Trinajstić information content (AvgIpc) is 2.62. The van der Waals surface area contributed by atoms with Crippen molar-refractivity contribution in [3.63, 3.8) is 0 Å². The van der Waals surface area contributed by atoms with E-state index in [-0.39, 0.29) is 5.12 Å². The molecule has 0 amide bonds. The molecule has 0 saturated carbocycles. The highest BCUT2D eigenvalue weighted by molar-refractivity contribution is 8.13. The van der Waals surface area contributed by atoms with E-state index >= 15 is 0 Å². The van der Waals surface area contributed by atoms with Gasteiger partial charge in [-0.25, -0.2) is 4.39 Å². The van der Waals surface area contributed by atoms with Crippen molar-refractivity contribution in [1.82, 2.24) is 0 Å². The van der Waals surface area contributed by atoms with Crippen molar-refractivity contribution in [1.29, 1.82) is 0 Å². The van der Waals surface area contributed by atoms with E-state index in [1.807, 2.05) is 27.7 Å². The van der Waals surface area contributed by atoms with E-state index in [4.69, 9.17) is 15.0 Å². The van der Waals surface area contributed by atoms with Crippen LogP contribution in [0.15, 0.2) is 23.7 Å². The maximum absolute atomic E-state index is 13.6. The highest BCUT2D eigenvalue weighted by Gasteiger charge is 2.52. The van der Waals surface area contributed by atoms with Gasteiger partial charge >= 0.3 is 7.12 Å². The van der Waals surface area contributed by atoms with Crippen LogP contribution in [0.5, 0.6) is 0 Å². The lowest BCUT2D eigenvalue weighted by Gasteiger charge is -2.32. The van der Waals surface area contributed by atoms with Crippen molar-refractivity contribution >= 4 is 35.8 Å². The van der Waals surface area contributed by atoms with Gasteiger partial charge in [-0.3, -0.25) is 4.79 Å². The maximum Gasteiger partial charge on any atom is 0.491 e. The van der Waals surface area contributed by atoms with Gasteiger partial charge in [0.1, 0.15) is 5.82 Å². The number of hydrogen-bond acceptors (Lipinski definition) is 5. The summed E-state index contributed by atoms with van der Waals surface area (Å²) in [5.74, 6) is -0.00324. The fourth-order valence-corrected chi connectivity index (χ4v) is 2.88. The number of nitrogens with two attached hydrogens (primary N) is 1. The second kappa shape index (κ2) is 6.90. The molecule has 2 N–H and O–H groups in total. The van der Waals surface area contributed by atoms with E-state index in [1.54, 1.807) is 12.1 Å². The first-order valence-corrected chi connectivity index (χ1v) is 8.74. The second-order valence-corrected chi connectivity index (χ2v) is 8.06. The number of hydrogen-bond donors (Lipinski definition) is 1. The Labute approximate surface area is 147 Å². The first-order valence-electron chi connectivity index (χ1n) is 7.76. The SMILES string of the molecule is CC(=O)SCC(=Cc1cc(N)cc(F)c1)B1OC(C)(C)C(C)(C)O1. The topological polar surface area (TPSA) is 61.6 Å². The summed E-state index contributed by atoms with van der Waals surface area (Å²) < 4.78 is 25.7. The van der Waals surface area contributed by atoms with Crippen LogP contribution in [-0.2, 0) is 14.1 Å². The van der Waals surface area contributed by atoms with Crippen molar-refractivity contribution < 1.29 is 18.5 Å². The Morgan fingerprint density at radius 3 is 2.33 bits per heavy atom. The number of carbonyl (C=O) groups is 1. The minimum atomic E-state index is -0.591. The summed E-state index contributed by atoms with van der Waals surface area (Å²) in [7, 11) is -0.591. The molecule has 1 aromatic rings. The zero-order valence-corrected chi connectivity index (χ0v) is 15.5. The Bertz CT molecular complexity index is 640. The lowest BCUT2D eigenvalue weighted by atomic mass is 9.78. The van der Waals surface area contributed by atoms with Gasteiger partial charge in [-0.2, -0.15) is 0 Å². The van der Waals surface area contributed by atoms with Crippen molar-refractivity contribution in [2.45, 2.75) is 45.8 Å². The van der Waals surface area contributed by atoms with Crippen LogP contribution in [0.4, 0.5) is 10.1 Å². The van der Waals surface area contributed by atoms with Crippen LogP contribution in [0, 0.1) is 5.82 Å². The van der Waals surface area contributed by atoms with Gasteiger partial charge in [-0.05, 0) is 56.9 Å². The molecule has 1 aliphatic heterocycles. The van der Waals surface area contributed by atoms with Crippen LogP contribution < -0.4 is 5.73 Å². The zero-order chi connectivity index (χ0) is 18.1. The summed E-state index contributed by atoms with van der Waals surface area (Å²) in [6.07, 6.45) is 1.78. The average molecular weight is 351 g/mol. The van der Waals surface area contributed by atoms with E-state index < -0.39 is 24.1 Å². The molecule has 1 aliphatic rings. The van der Waals surface area contributed by atoms with Gasteiger partial charge in [0.05, 0.1) is 11.2 Å².